The van der Waals surface area contributed by atoms with Crippen LogP contribution in [0.5, 0.6) is 0 Å². The molecule has 1 N–H and O–H groups in total. The number of nitrogens with one attached hydrogen (secondary N) is 1. The normalized spacial score (nSPS) is 18.5. The minimum Gasteiger partial charge on any atom is -0.328 e. The first-order valence-corrected chi connectivity index (χ1v) is 10.9. The van der Waals surface area contributed by atoms with Gasteiger partial charge in [-0.2, -0.15) is 0 Å². The molecule has 1 fully saturated rings. The lowest BCUT2D eigenvalue weighted by Gasteiger charge is -2.29. The van der Waals surface area contributed by atoms with Gasteiger partial charge in [-0.1, -0.05) is 6.07 Å². The number of aromatic amines is 1. The number of halogens is 1. The monoisotopic (exact) mass is 433 g/mol. The van der Waals surface area contributed by atoms with Gasteiger partial charge in [-0.15, -0.1) is 0 Å². The van der Waals surface area contributed by atoms with Crippen LogP contribution in [0.25, 0.3) is 0 Å². The summed E-state index contributed by atoms with van der Waals surface area (Å²) in [6.45, 7) is 2.66. The van der Waals surface area contributed by atoms with Crippen molar-refractivity contribution >= 4 is 5.91 Å². The number of pyridine rings is 1. The summed E-state index contributed by atoms with van der Waals surface area (Å²) in [5, 5.41) is 0. The first-order valence-electron chi connectivity index (χ1n) is 10.9. The predicted molar refractivity (Wildman–Crippen MR) is 116 cm³/mol. The molecule has 4 heterocycles. The second kappa shape index (κ2) is 8.63. The van der Waals surface area contributed by atoms with Gasteiger partial charge in [0.2, 0.25) is 0 Å². The zero-order chi connectivity index (χ0) is 22.1. The van der Waals surface area contributed by atoms with Gasteiger partial charge in [-0.3, -0.25) is 19.5 Å². The Bertz CT molecular complexity index is 1180. The number of amides is 1. The molecule has 32 heavy (non-hydrogen) atoms. The summed E-state index contributed by atoms with van der Waals surface area (Å²) in [6, 6.07) is 9.22. The molecule has 2 aliphatic rings. The number of rotatable bonds is 4. The smallest absolute Gasteiger partial charge is 0.255 e. The minimum absolute atomic E-state index is 0.137. The fourth-order valence-corrected chi connectivity index (χ4v) is 4.60. The van der Waals surface area contributed by atoms with Gasteiger partial charge >= 0.3 is 0 Å². The highest BCUT2D eigenvalue weighted by molar-refractivity contribution is 5.94. The Balaban J connectivity index is 1.36. The zero-order valence-corrected chi connectivity index (χ0v) is 17.6. The molecule has 0 spiro atoms. The van der Waals surface area contributed by atoms with Crippen LogP contribution in [0.2, 0.25) is 0 Å². The molecule has 3 aromatic rings. The highest BCUT2D eigenvalue weighted by Gasteiger charge is 2.33. The van der Waals surface area contributed by atoms with E-state index < -0.39 is 0 Å². The van der Waals surface area contributed by atoms with Crippen LogP contribution in [0.4, 0.5) is 4.39 Å². The zero-order valence-electron chi connectivity index (χ0n) is 17.6. The van der Waals surface area contributed by atoms with Crippen LogP contribution in [-0.4, -0.2) is 43.7 Å². The number of carbonyl (C=O) groups excluding carboxylic acids is 1. The maximum atomic E-state index is 13.2. The van der Waals surface area contributed by atoms with E-state index in [1.165, 1.54) is 24.3 Å². The summed E-state index contributed by atoms with van der Waals surface area (Å²) in [5.74, 6) is -0.00397. The van der Waals surface area contributed by atoms with Gasteiger partial charge < -0.3 is 9.88 Å². The van der Waals surface area contributed by atoms with E-state index in [1.54, 1.807) is 11.1 Å². The molecule has 7 nitrogen and oxygen atoms in total. The van der Waals surface area contributed by atoms with E-state index in [-0.39, 0.29) is 23.3 Å². The van der Waals surface area contributed by atoms with Gasteiger partial charge in [0, 0.05) is 50.6 Å². The number of likely N-dealkylation sites (tertiary alicyclic amines) is 1. The number of hydrogen-bond acceptors (Lipinski definition) is 5. The van der Waals surface area contributed by atoms with Crippen molar-refractivity contribution in [2.24, 2.45) is 0 Å². The van der Waals surface area contributed by atoms with Gasteiger partial charge in [0.15, 0.2) is 0 Å². The van der Waals surface area contributed by atoms with Crippen LogP contribution in [0.15, 0.2) is 53.6 Å². The molecule has 1 amide bonds. The van der Waals surface area contributed by atoms with Crippen LogP contribution in [0.1, 0.15) is 51.9 Å². The lowest BCUT2D eigenvalue weighted by Crippen LogP contribution is -2.37. The molecule has 1 saturated heterocycles. The predicted octanol–water partition coefficient (Wildman–Crippen LogP) is 2.84. The molecule has 1 aromatic carbocycles. The topological polar surface area (TPSA) is 82.2 Å². The highest BCUT2D eigenvalue weighted by atomic mass is 19.1. The van der Waals surface area contributed by atoms with Crippen molar-refractivity contribution in [1.29, 1.82) is 0 Å². The van der Waals surface area contributed by atoms with Crippen LogP contribution < -0.4 is 5.56 Å². The first kappa shape index (κ1) is 20.5. The number of fused-ring (bicyclic) bond motifs is 1. The third-order valence-corrected chi connectivity index (χ3v) is 6.22. The number of carbonyl (C=O) groups is 1. The average molecular weight is 433 g/mol. The number of aromatic nitrogens is 3. The number of benzene rings is 1. The molecular formula is C24H24FN5O2. The SMILES string of the molecule is O=C(c1ccc(F)cc1)N1CCCC1c1nc2c(c(=O)[nH]1)CN(Cc1cccnc1)CC2. The molecule has 2 aliphatic heterocycles. The Kier molecular flexibility index (Phi) is 5.53. The van der Waals surface area contributed by atoms with Gasteiger partial charge in [-0.25, -0.2) is 9.37 Å². The molecular weight excluding hydrogens is 409 g/mol. The molecule has 0 aliphatic carbocycles. The summed E-state index contributed by atoms with van der Waals surface area (Å²) in [4.78, 5) is 41.8. The van der Waals surface area contributed by atoms with Crippen molar-refractivity contribution in [2.75, 3.05) is 13.1 Å². The Labute approximate surface area is 184 Å². The maximum absolute atomic E-state index is 13.2. The molecule has 1 unspecified atom stereocenters. The van der Waals surface area contributed by atoms with Gasteiger partial charge in [0.25, 0.3) is 11.5 Å². The van der Waals surface area contributed by atoms with E-state index in [9.17, 15) is 14.0 Å². The van der Waals surface area contributed by atoms with Gasteiger partial charge in [0.05, 0.1) is 17.3 Å². The van der Waals surface area contributed by atoms with E-state index in [1.807, 2.05) is 18.3 Å². The van der Waals surface area contributed by atoms with E-state index >= 15 is 0 Å². The van der Waals surface area contributed by atoms with Crippen molar-refractivity contribution < 1.29 is 9.18 Å². The standard InChI is InChI=1S/C24H24FN5O2/c25-18-7-5-17(6-8-18)24(32)30-11-2-4-21(30)22-27-20-9-12-29(15-19(20)23(31)28-22)14-16-3-1-10-26-13-16/h1,3,5-8,10,13,21H,2,4,9,11-12,14-15H2,(H,27,28,31). The van der Waals surface area contributed by atoms with Crippen LogP contribution in [-0.2, 0) is 19.5 Å². The van der Waals surface area contributed by atoms with Crippen molar-refractivity contribution in [1.82, 2.24) is 24.8 Å². The fraction of sp³-hybridized carbons (Fsp3) is 0.333. The van der Waals surface area contributed by atoms with Gasteiger partial charge in [0.1, 0.15) is 11.6 Å². The minimum atomic E-state index is -0.377. The molecule has 0 radical (unpaired) electrons. The Morgan fingerprint density at radius 2 is 2.03 bits per heavy atom. The highest BCUT2D eigenvalue weighted by Crippen LogP contribution is 2.31. The molecule has 164 valence electrons. The number of hydrogen-bond donors (Lipinski definition) is 1. The van der Waals surface area contributed by atoms with Crippen molar-refractivity contribution in [3.05, 3.63) is 93.2 Å². The summed E-state index contributed by atoms with van der Waals surface area (Å²) < 4.78 is 13.2. The summed E-state index contributed by atoms with van der Waals surface area (Å²) in [6.07, 6.45) is 5.84. The van der Waals surface area contributed by atoms with Crippen LogP contribution in [0.3, 0.4) is 0 Å². The molecule has 0 saturated carbocycles. The van der Waals surface area contributed by atoms with E-state index in [4.69, 9.17) is 4.98 Å². The number of nitrogens with zero attached hydrogens (tertiary/aromatic N) is 4. The first-order chi connectivity index (χ1) is 15.6. The molecule has 2 aromatic heterocycles. The second-order valence-electron chi connectivity index (χ2n) is 8.36. The largest absolute Gasteiger partial charge is 0.328 e. The average Bonchev–Trinajstić information content (AvgIpc) is 3.30. The van der Waals surface area contributed by atoms with E-state index in [0.29, 0.717) is 36.5 Å². The van der Waals surface area contributed by atoms with Crippen LogP contribution >= 0.6 is 0 Å². The third-order valence-electron chi connectivity index (χ3n) is 6.22. The molecule has 8 heteroatoms. The fourth-order valence-electron chi connectivity index (χ4n) is 4.60. The van der Waals surface area contributed by atoms with E-state index in [2.05, 4.69) is 14.9 Å². The second-order valence-corrected chi connectivity index (χ2v) is 8.36. The lowest BCUT2D eigenvalue weighted by molar-refractivity contribution is 0.0729. The number of H-pyrrole nitrogens is 1. The van der Waals surface area contributed by atoms with Crippen molar-refractivity contribution in [3.8, 4) is 0 Å². The summed E-state index contributed by atoms with van der Waals surface area (Å²) in [7, 11) is 0. The van der Waals surface area contributed by atoms with Crippen molar-refractivity contribution in [2.45, 2.75) is 38.4 Å². The Morgan fingerprint density at radius 3 is 2.81 bits per heavy atom. The quantitative estimate of drug-likeness (QED) is 0.684. The van der Waals surface area contributed by atoms with Crippen molar-refractivity contribution in [3.63, 3.8) is 0 Å². The van der Waals surface area contributed by atoms with E-state index in [0.717, 1.165) is 37.2 Å². The molecule has 5 rings (SSSR count). The Hall–Kier alpha value is -3.39. The summed E-state index contributed by atoms with van der Waals surface area (Å²) in [5.41, 5.74) is 2.91. The Morgan fingerprint density at radius 1 is 1.19 bits per heavy atom. The molecule has 1 atom stereocenters. The van der Waals surface area contributed by atoms with Crippen LogP contribution in [0, 0.1) is 5.82 Å². The van der Waals surface area contributed by atoms with Gasteiger partial charge in [-0.05, 0) is 48.7 Å². The third kappa shape index (κ3) is 4.05. The molecule has 0 bridgehead atoms. The maximum Gasteiger partial charge on any atom is 0.255 e. The lowest BCUT2D eigenvalue weighted by atomic mass is 10.1. The summed E-state index contributed by atoms with van der Waals surface area (Å²) >= 11 is 0.